The van der Waals surface area contributed by atoms with Crippen LogP contribution in [0.5, 0.6) is 0 Å². The molecule has 9 nitrogen and oxygen atoms in total. The lowest BCUT2D eigenvalue weighted by Gasteiger charge is -2.26. The van der Waals surface area contributed by atoms with Crippen LogP contribution in [0, 0.1) is 0 Å². The van der Waals surface area contributed by atoms with E-state index in [1.54, 1.807) is 0 Å². The zero-order valence-corrected chi connectivity index (χ0v) is 47.4. The third-order valence-corrected chi connectivity index (χ3v) is 11.6. The minimum Gasteiger partial charge on any atom is -0.545 e. The molecule has 0 aromatic carbocycles. The number of likely N-dealkylation sites (N-methyl/N-ethyl adjacent to an activating group) is 1. The fourth-order valence-corrected chi connectivity index (χ4v) is 7.20. The van der Waals surface area contributed by atoms with Gasteiger partial charge in [-0.2, -0.15) is 0 Å². The van der Waals surface area contributed by atoms with E-state index in [1.807, 2.05) is 21.1 Å². The van der Waals surface area contributed by atoms with Crippen molar-refractivity contribution in [3.63, 3.8) is 0 Å². The molecular weight excluding hydrogens is 923 g/mol. The van der Waals surface area contributed by atoms with E-state index in [1.165, 1.54) is 51.4 Å². The molecule has 0 spiro atoms. The Hall–Kier alpha value is -4.57. The van der Waals surface area contributed by atoms with Crippen LogP contribution in [0.25, 0.3) is 0 Å². The molecule has 418 valence electrons. The van der Waals surface area contributed by atoms with Crippen LogP contribution < -0.4 is 5.11 Å². The van der Waals surface area contributed by atoms with Crippen LogP contribution in [-0.4, -0.2) is 82.3 Å². The molecule has 0 radical (unpaired) electrons. The summed E-state index contributed by atoms with van der Waals surface area (Å²) < 4.78 is 22.6. The minimum absolute atomic E-state index is 0.132. The summed E-state index contributed by atoms with van der Waals surface area (Å²) in [5.41, 5.74) is 0. The summed E-state index contributed by atoms with van der Waals surface area (Å²) in [6, 6.07) is 0. The number of quaternary nitrogens is 1. The Kier molecular flexibility index (Phi) is 51.3. The van der Waals surface area contributed by atoms with Gasteiger partial charge in [-0.05, 0) is 116 Å². The highest BCUT2D eigenvalue weighted by molar-refractivity contribution is 5.70. The average Bonchev–Trinajstić information content (AvgIpc) is 3.37. The summed E-state index contributed by atoms with van der Waals surface area (Å²) in [4.78, 5) is 37.3. The van der Waals surface area contributed by atoms with Gasteiger partial charge in [0.05, 0.1) is 40.3 Å². The quantitative estimate of drug-likeness (QED) is 0.0195. The number of hydrogen-bond acceptors (Lipinski definition) is 8. The van der Waals surface area contributed by atoms with Crippen molar-refractivity contribution in [2.24, 2.45) is 0 Å². The van der Waals surface area contributed by atoms with Crippen molar-refractivity contribution in [2.45, 2.75) is 212 Å². The number of carboxylic acid groups (broad SMARTS) is 1. The van der Waals surface area contributed by atoms with Crippen LogP contribution >= 0.6 is 0 Å². The number of unbranched alkanes of at least 4 members (excludes halogenated alkanes) is 14. The van der Waals surface area contributed by atoms with Crippen molar-refractivity contribution >= 4 is 17.9 Å². The fourth-order valence-electron chi connectivity index (χ4n) is 7.20. The SMILES string of the molecule is CC/C=C\C/C=C\C/C=C\C/C=C\C/C=C\C/C=C\C/C=C\C/C=C\C/C=C\CCCCCC(=O)OC(COC(=O)CCCCCCCCC/C=C\C/C=C\CCCCCC)COC(OCC[N+](C)(C)C)C(=O)[O-]. The largest absolute Gasteiger partial charge is 0.545 e. The Morgan fingerprint density at radius 2 is 0.770 bits per heavy atom. The monoisotopic (exact) mass is 1030 g/mol. The summed E-state index contributed by atoms with van der Waals surface area (Å²) in [6.45, 7) is 4.54. The molecule has 0 heterocycles. The highest BCUT2D eigenvalue weighted by Crippen LogP contribution is 2.13. The first kappa shape index (κ1) is 69.4. The number of aliphatic carboxylic acids is 1. The lowest BCUT2D eigenvalue weighted by atomic mass is 10.1. The predicted octanol–water partition coefficient (Wildman–Crippen LogP) is 15.7. The molecule has 9 heteroatoms. The summed E-state index contributed by atoms with van der Waals surface area (Å²) >= 11 is 0. The zero-order valence-electron chi connectivity index (χ0n) is 47.4. The van der Waals surface area contributed by atoms with E-state index >= 15 is 0 Å². The summed E-state index contributed by atoms with van der Waals surface area (Å²) in [7, 11) is 5.89. The van der Waals surface area contributed by atoms with Crippen molar-refractivity contribution in [3.05, 3.63) is 134 Å². The molecule has 0 aromatic rings. The summed E-state index contributed by atoms with van der Waals surface area (Å²) in [5.74, 6) is -2.36. The second-order valence-electron chi connectivity index (χ2n) is 19.8. The van der Waals surface area contributed by atoms with Crippen molar-refractivity contribution < 1.29 is 42.9 Å². The summed E-state index contributed by atoms with van der Waals surface area (Å²) in [6.07, 6.45) is 74.9. The molecule has 0 fully saturated rings. The number of allylic oxidation sites excluding steroid dienone is 22. The van der Waals surface area contributed by atoms with Gasteiger partial charge in [-0.3, -0.25) is 9.59 Å². The molecule has 74 heavy (non-hydrogen) atoms. The Morgan fingerprint density at radius 3 is 1.16 bits per heavy atom. The maximum absolute atomic E-state index is 12.9. The molecular formula is C65H105NO8. The number of hydrogen-bond donors (Lipinski definition) is 0. The molecule has 0 bridgehead atoms. The normalized spacial score (nSPS) is 13.8. The number of nitrogens with zero attached hydrogens (tertiary/aromatic N) is 1. The van der Waals surface area contributed by atoms with Gasteiger partial charge in [-0.1, -0.05) is 205 Å². The molecule has 2 atom stereocenters. The fraction of sp³-hybridized carbons (Fsp3) is 0.615. The van der Waals surface area contributed by atoms with Crippen molar-refractivity contribution in [3.8, 4) is 0 Å². The third-order valence-electron chi connectivity index (χ3n) is 11.6. The molecule has 0 N–H and O–H groups in total. The van der Waals surface area contributed by atoms with Crippen LogP contribution in [-0.2, 0) is 33.3 Å². The van der Waals surface area contributed by atoms with Crippen LogP contribution in [0.15, 0.2) is 134 Å². The van der Waals surface area contributed by atoms with Gasteiger partial charge in [0.15, 0.2) is 12.4 Å². The highest BCUT2D eigenvalue weighted by Gasteiger charge is 2.22. The third kappa shape index (κ3) is 55.2. The molecule has 0 saturated heterocycles. The molecule has 0 saturated carbocycles. The molecule has 0 aliphatic heterocycles. The number of carbonyl (C=O) groups excluding carboxylic acids is 3. The Balaban J connectivity index is 4.38. The van der Waals surface area contributed by atoms with E-state index < -0.39 is 24.3 Å². The smallest absolute Gasteiger partial charge is 0.306 e. The standard InChI is InChI=1S/C65H105NO8/c1-6-8-10-12-14-16-18-20-22-24-26-27-28-29-30-31-32-33-34-35-36-37-38-40-42-44-46-48-50-52-54-56-63(68)74-61(60-73-65(64(69)70)71-58-57-66(3,4)5)59-72-62(67)55-53-51-49-47-45-43-41-39-25-23-21-19-17-15-13-11-9-7-2/h8,10,14,16-17,19-20,22-23,25-27,29-30,32-33,35-36,38,40,44,46,61,65H,6-7,9,11-13,15,18,21,24,28,31,34,37,39,41-43,45,47-60H2,1-5H3/b10-8-,16-14-,19-17-,22-20-,25-23-,27-26-,30-29-,33-32-,36-35-,40-38-,46-44-. The Labute approximate surface area is 452 Å². The van der Waals surface area contributed by atoms with E-state index in [0.29, 0.717) is 17.4 Å². The van der Waals surface area contributed by atoms with Gasteiger partial charge in [-0.25, -0.2) is 0 Å². The molecule has 0 aromatic heterocycles. The number of esters is 2. The first-order chi connectivity index (χ1) is 36.1. The maximum atomic E-state index is 12.9. The lowest BCUT2D eigenvalue weighted by molar-refractivity contribution is -0.870. The first-order valence-corrected chi connectivity index (χ1v) is 28.8. The lowest BCUT2D eigenvalue weighted by Crippen LogP contribution is -2.44. The van der Waals surface area contributed by atoms with Gasteiger partial charge in [0, 0.05) is 12.8 Å². The highest BCUT2D eigenvalue weighted by atomic mass is 16.7. The number of ether oxygens (including phenoxy) is 4. The van der Waals surface area contributed by atoms with Crippen LogP contribution in [0.2, 0.25) is 0 Å². The number of carboxylic acids is 1. The second-order valence-corrected chi connectivity index (χ2v) is 19.8. The molecule has 0 aliphatic carbocycles. The van der Waals surface area contributed by atoms with Crippen LogP contribution in [0.1, 0.15) is 200 Å². The Morgan fingerprint density at radius 1 is 0.419 bits per heavy atom. The maximum Gasteiger partial charge on any atom is 0.306 e. The molecule has 2 unspecified atom stereocenters. The average molecular weight is 1030 g/mol. The van der Waals surface area contributed by atoms with Crippen LogP contribution in [0.4, 0.5) is 0 Å². The predicted molar refractivity (Wildman–Crippen MR) is 310 cm³/mol. The van der Waals surface area contributed by atoms with E-state index in [0.717, 1.165) is 116 Å². The number of rotatable bonds is 51. The van der Waals surface area contributed by atoms with Gasteiger partial charge in [0.2, 0.25) is 0 Å². The Bertz CT molecular complexity index is 1670. The van der Waals surface area contributed by atoms with Gasteiger partial charge in [0.1, 0.15) is 13.2 Å². The summed E-state index contributed by atoms with van der Waals surface area (Å²) in [5, 5.41) is 11.8. The molecule has 0 amide bonds. The second kappa shape index (κ2) is 54.7. The van der Waals surface area contributed by atoms with Crippen molar-refractivity contribution in [1.82, 2.24) is 0 Å². The number of carbonyl (C=O) groups is 3. The minimum atomic E-state index is -1.64. The van der Waals surface area contributed by atoms with Crippen LogP contribution in [0.3, 0.4) is 0 Å². The van der Waals surface area contributed by atoms with Crippen molar-refractivity contribution in [1.29, 1.82) is 0 Å². The van der Waals surface area contributed by atoms with E-state index in [4.69, 9.17) is 18.9 Å². The van der Waals surface area contributed by atoms with Crippen molar-refractivity contribution in [2.75, 3.05) is 47.5 Å². The van der Waals surface area contributed by atoms with Gasteiger partial charge >= 0.3 is 11.9 Å². The van der Waals surface area contributed by atoms with Gasteiger partial charge in [-0.15, -0.1) is 0 Å². The zero-order chi connectivity index (χ0) is 54.1. The molecule has 0 aliphatic rings. The topological polar surface area (TPSA) is 111 Å². The van der Waals surface area contributed by atoms with E-state index in [2.05, 4.69) is 148 Å². The van der Waals surface area contributed by atoms with Gasteiger partial charge in [0.25, 0.3) is 0 Å². The molecule has 0 rings (SSSR count). The van der Waals surface area contributed by atoms with E-state index in [-0.39, 0.29) is 38.6 Å². The van der Waals surface area contributed by atoms with Gasteiger partial charge < -0.3 is 33.3 Å². The first-order valence-electron chi connectivity index (χ1n) is 28.8. The van der Waals surface area contributed by atoms with E-state index in [9.17, 15) is 19.5 Å².